The minimum atomic E-state index is -4.73. The Bertz CT molecular complexity index is 568. The summed E-state index contributed by atoms with van der Waals surface area (Å²) < 4.78 is 37.1. The van der Waals surface area contributed by atoms with Crippen LogP contribution in [0.15, 0.2) is 41.0 Å². The van der Waals surface area contributed by atoms with E-state index in [0.29, 0.717) is 0 Å². The van der Waals surface area contributed by atoms with E-state index in [0.717, 1.165) is 18.3 Å². The minimum Gasteiger partial charge on any atom is -0.258 e. The topological polar surface area (TPSA) is 79.3 Å². The number of nitro groups is 1. The van der Waals surface area contributed by atoms with Gasteiger partial charge >= 0.3 is 6.18 Å². The van der Waals surface area contributed by atoms with E-state index in [2.05, 4.69) is 4.99 Å². The molecule has 0 saturated heterocycles. The molecular formula is C11H6F3N3O2. The van der Waals surface area contributed by atoms with Crippen molar-refractivity contribution in [3.63, 3.8) is 0 Å². The number of aliphatic imine (C=N–C) groups is 1. The van der Waals surface area contributed by atoms with Crippen molar-refractivity contribution in [3.05, 3.63) is 51.7 Å². The maximum Gasteiger partial charge on any atom is 0.434 e. The number of nitriles is 1. The van der Waals surface area contributed by atoms with Crippen molar-refractivity contribution >= 4 is 11.9 Å². The Labute approximate surface area is 105 Å². The molecule has 5 nitrogen and oxygen atoms in total. The number of benzene rings is 1. The van der Waals surface area contributed by atoms with Crippen molar-refractivity contribution < 1.29 is 18.1 Å². The van der Waals surface area contributed by atoms with Gasteiger partial charge in [-0.05, 0) is 17.7 Å². The van der Waals surface area contributed by atoms with Crippen LogP contribution >= 0.6 is 0 Å². The molecule has 0 atom stereocenters. The van der Waals surface area contributed by atoms with Gasteiger partial charge in [0.2, 0.25) is 0 Å². The predicted molar refractivity (Wildman–Crippen MR) is 60.4 cm³/mol. The number of nitrogens with zero attached hydrogens (tertiary/aromatic N) is 3. The van der Waals surface area contributed by atoms with Crippen molar-refractivity contribution in [2.75, 3.05) is 0 Å². The number of hydrogen-bond donors (Lipinski definition) is 0. The first-order valence-electron chi connectivity index (χ1n) is 4.80. The normalized spacial score (nSPS) is 12.4. The standard InChI is InChI=1S/C11H6F3N3O2/c12-11(13,14)10(5-6-15)16-7-8-1-3-9(4-2-8)17(18)19/h1-5,7H/b10-5+,16-7?. The molecule has 19 heavy (non-hydrogen) atoms. The zero-order chi connectivity index (χ0) is 14.5. The summed E-state index contributed by atoms with van der Waals surface area (Å²) in [6, 6.07) is 6.04. The predicted octanol–water partition coefficient (Wildman–Crippen LogP) is 2.98. The average Bonchev–Trinajstić information content (AvgIpc) is 2.33. The van der Waals surface area contributed by atoms with Gasteiger partial charge in [-0.15, -0.1) is 0 Å². The number of halogens is 3. The molecule has 0 N–H and O–H groups in total. The zero-order valence-corrected chi connectivity index (χ0v) is 9.26. The van der Waals surface area contributed by atoms with E-state index in [9.17, 15) is 23.3 Å². The molecule has 1 aromatic rings. The molecule has 0 aliphatic rings. The summed E-state index contributed by atoms with van der Waals surface area (Å²) in [6.07, 6.45) is -3.57. The second-order valence-electron chi connectivity index (χ2n) is 3.26. The highest BCUT2D eigenvalue weighted by Gasteiger charge is 2.33. The molecule has 0 aromatic heterocycles. The molecule has 0 unspecified atom stereocenters. The summed E-state index contributed by atoms with van der Waals surface area (Å²) in [7, 11) is 0. The maximum atomic E-state index is 12.4. The van der Waals surface area contributed by atoms with Gasteiger partial charge in [-0.1, -0.05) is 0 Å². The highest BCUT2D eigenvalue weighted by molar-refractivity contribution is 5.80. The van der Waals surface area contributed by atoms with E-state index in [-0.39, 0.29) is 17.3 Å². The highest BCUT2D eigenvalue weighted by atomic mass is 19.4. The number of nitro benzene ring substituents is 1. The van der Waals surface area contributed by atoms with Crippen molar-refractivity contribution in [2.24, 2.45) is 4.99 Å². The van der Waals surface area contributed by atoms with Gasteiger partial charge in [0.1, 0.15) is 0 Å². The largest absolute Gasteiger partial charge is 0.434 e. The Morgan fingerprint density at radius 1 is 1.37 bits per heavy atom. The monoisotopic (exact) mass is 269 g/mol. The van der Waals surface area contributed by atoms with Crippen LogP contribution in [-0.2, 0) is 0 Å². The molecule has 0 heterocycles. The van der Waals surface area contributed by atoms with Gasteiger partial charge in [0.25, 0.3) is 5.69 Å². The Hall–Kier alpha value is -2.69. The smallest absolute Gasteiger partial charge is 0.258 e. The third kappa shape index (κ3) is 4.23. The van der Waals surface area contributed by atoms with Crippen LogP contribution in [0.1, 0.15) is 5.56 Å². The SMILES string of the molecule is N#C/C=C(/N=Cc1ccc([N+](=O)[O-])cc1)C(F)(F)F. The first kappa shape index (κ1) is 14.4. The molecule has 0 saturated carbocycles. The van der Waals surface area contributed by atoms with Crippen molar-refractivity contribution in [2.45, 2.75) is 6.18 Å². The molecule has 0 aliphatic heterocycles. The van der Waals surface area contributed by atoms with Gasteiger partial charge in [0.05, 0.1) is 11.0 Å². The van der Waals surface area contributed by atoms with Gasteiger partial charge in [0, 0.05) is 24.4 Å². The molecule has 1 rings (SSSR count). The molecular weight excluding hydrogens is 263 g/mol. The van der Waals surface area contributed by atoms with Crippen LogP contribution < -0.4 is 0 Å². The number of hydrogen-bond acceptors (Lipinski definition) is 4. The first-order valence-corrected chi connectivity index (χ1v) is 4.80. The van der Waals surface area contributed by atoms with Crippen LogP contribution in [0, 0.1) is 21.4 Å². The summed E-state index contributed by atoms with van der Waals surface area (Å²) in [4.78, 5) is 12.9. The highest BCUT2D eigenvalue weighted by Crippen LogP contribution is 2.26. The fourth-order valence-electron chi connectivity index (χ4n) is 1.08. The van der Waals surface area contributed by atoms with Crippen molar-refractivity contribution in [1.82, 2.24) is 0 Å². The van der Waals surface area contributed by atoms with E-state index >= 15 is 0 Å². The average molecular weight is 269 g/mol. The van der Waals surface area contributed by atoms with Crippen LogP contribution in [-0.4, -0.2) is 17.3 Å². The molecule has 0 aliphatic carbocycles. The van der Waals surface area contributed by atoms with Crippen LogP contribution in [0.5, 0.6) is 0 Å². The summed E-state index contributed by atoms with van der Waals surface area (Å²) >= 11 is 0. The van der Waals surface area contributed by atoms with E-state index in [1.54, 1.807) is 0 Å². The molecule has 0 radical (unpaired) electrons. The Morgan fingerprint density at radius 2 is 1.95 bits per heavy atom. The second kappa shape index (κ2) is 5.77. The summed E-state index contributed by atoms with van der Waals surface area (Å²) in [5.41, 5.74) is -1.27. The van der Waals surface area contributed by atoms with E-state index in [1.807, 2.05) is 0 Å². The third-order valence-electron chi connectivity index (χ3n) is 1.95. The number of allylic oxidation sites excluding steroid dienone is 2. The Morgan fingerprint density at radius 3 is 2.37 bits per heavy atom. The van der Waals surface area contributed by atoms with E-state index in [4.69, 9.17) is 5.26 Å². The second-order valence-corrected chi connectivity index (χ2v) is 3.26. The maximum absolute atomic E-state index is 12.4. The van der Waals surface area contributed by atoms with Gasteiger partial charge in [0.15, 0.2) is 5.70 Å². The Kier molecular flexibility index (Phi) is 4.36. The van der Waals surface area contributed by atoms with Crippen molar-refractivity contribution in [3.8, 4) is 6.07 Å². The lowest BCUT2D eigenvalue weighted by Gasteiger charge is -2.04. The molecule has 1 aromatic carbocycles. The summed E-state index contributed by atoms with van der Waals surface area (Å²) in [5, 5.41) is 18.6. The third-order valence-corrected chi connectivity index (χ3v) is 1.95. The lowest BCUT2D eigenvalue weighted by molar-refractivity contribution is -0.384. The van der Waals surface area contributed by atoms with Crippen LogP contribution in [0.3, 0.4) is 0 Å². The van der Waals surface area contributed by atoms with Crippen molar-refractivity contribution in [1.29, 1.82) is 5.26 Å². The first-order chi connectivity index (χ1) is 8.84. The fraction of sp³-hybridized carbons (Fsp3) is 0.0909. The Balaban J connectivity index is 2.95. The lowest BCUT2D eigenvalue weighted by Crippen LogP contribution is -2.10. The molecule has 0 amide bonds. The molecule has 98 valence electrons. The van der Waals surface area contributed by atoms with Gasteiger partial charge in [-0.25, -0.2) is 0 Å². The molecule has 0 spiro atoms. The molecule has 0 fully saturated rings. The number of rotatable bonds is 3. The lowest BCUT2D eigenvalue weighted by atomic mass is 10.2. The number of non-ortho nitro benzene ring substituents is 1. The van der Waals surface area contributed by atoms with Crippen LogP contribution in [0.25, 0.3) is 0 Å². The minimum absolute atomic E-state index is 0.180. The number of alkyl halides is 3. The van der Waals surface area contributed by atoms with Gasteiger partial charge < -0.3 is 0 Å². The van der Waals surface area contributed by atoms with E-state index in [1.165, 1.54) is 18.2 Å². The zero-order valence-electron chi connectivity index (χ0n) is 9.26. The van der Waals surface area contributed by atoms with E-state index < -0.39 is 16.8 Å². The van der Waals surface area contributed by atoms with Gasteiger partial charge in [-0.3, -0.25) is 15.1 Å². The van der Waals surface area contributed by atoms with Crippen LogP contribution in [0.2, 0.25) is 0 Å². The molecule has 8 heteroatoms. The van der Waals surface area contributed by atoms with Crippen LogP contribution in [0.4, 0.5) is 18.9 Å². The molecule has 0 bridgehead atoms. The summed E-state index contributed by atoms with van der Waals surface area (Å²) in [6.45, 7) is 0. The quantitative estimate of drug-likeness (QED) is 0.366. The van der Waals surface area contributed by atoms with Gasteiger partial charge in [-0.2, -0.15) is 18.4 Å². The summed E-state index contributed by atoms with van der Waals surface area (Å²) in [5.74, 6) is 0. The fourth-order valence-corrected chi connectivity index (χ4v) is 1.08.